The summed E-state index contributed by atoms with van der Waals surface area (Å²) < 4.78 is 34.4. The van der Waals surface area contributed by atoms with Crippen molar-refractivity contribution in [3.63, 3.8) is 0 Å². The molecule has 0 bridgehead atoms. The van der Waals surface area contributed by atoms with Crippen molar-refractivity contribution in [3.05, 3.63) is 0 Å². The average molecular weight is 473 g/mol. The molecule has 30 heavy (non-hydrogen) atoms. The van der Waals surface area contributed by atoms with E-state index in [0.717, 1.165) is 64.2 Å². The molecule has 2 unspecified atom stereocenters. The van der Waals surface area contributed by atoms with Gasteiger partial charge in [0.1, 0.15) is 0 Å². The van der Waals surface area contributed by atoms with Crippen LogP contribution in [0.1, 0.15) is 142 Å². The van der Waals surface area contributed by atoms with Crippen LogP contribution in [0.5, 0.6) is 0 Å². The van der Waals surface area contributed by atoms with E-state index >= 15 is 0 Å². The number of unbranched alkanes of at least 4 members (excludes halogenated alkanes) is 13. The van der Waals surface area contributed by atoms with Crippen molar-refractivity contribution in [2.45, 2.75) is 154 Å². The van der Waals surface area contributed by atoms with E-state index in [1.807, 2.05) is 0 Å². The molecular formula is C24H49KO4S. The van der Waals surface area contributed by atoms with Gasteiger partial charge < -0.3 is 9.66 Å². The zero-order chi connectivity index (χ0) is 21.8. The molecule has 0 aromatic rings. The molecule has 6 heteroatoms. The summed E-state index contributed by atoms with van der Waals surface area (Å²) in [7, 11) is -4.15. The van der Waals surface area contributed by atoms with Gasteiger partial charge in [-0.2, -0.15) is 0 Å². The van der Waals surface area contributed by atoms with Crippen LogP contribution in [0.2, 0.25) is 0 Å². The summed E-state index contributed by atoms with van der Waals surface area (Å²) in [5, 5.41) is 9.23. The van der Waals surface area contributed by atoms with Gasteiger partial charge in [0.25, 0.3) is 0 Å². The van der Waals surface area contributed by atoms with Crippen LogP contribution in [0.4, 0.5) is 0 Å². The van der Waals surface area contributed by atoms with Crippen molar-refractivity contribution in [1.29, 1.82) is 0 Å². The zero-order valence-corrected chi connectivity index (χ0v) is 24.3. The number of aliphatic hydroxyl groups excluding tert-OH is 1. The monoisotopic (exact) mass is 472 g/mol. The third kappa shape index (κ3) is 22.7. The molecule has 0 saturated carbocycles. The Balaban J connectivity index is 0. The molecule has 0 rings (SSSR count). The summed E-state index contributed by atoms with van der Waals surface area (Å²) in [6.07, 6.45) is 20.8. The average Bonchev–Trinajstić information content (AvgIpc) is 2.66. The van der Waals surface area contributed by atoms with Crippen LogP contribution < -0.4 is 51.4 Å². The van der Waals surface area contributed by atoms with Gasteiger partial charge in [0.15, 0.2) is 0 Å². The molecule has 0 heterocycles. The fraction of sp³-hybridized carbons (Fsp3) is 1.00. The summed E-state index contributed by atoms with van der Waals surface area (Å²) in [6, 6.07) is 0. The van der Waals surface area contributed by atoms with Gasteiger partial charge in [0.05, 0.1) is 16.2 Å². The second-order valence-corrected chi connectivity index (χ2v) is 10.5. The Morgan fingerprint density at radius 2 is 0.900 bits per heavy atom. The van der Waals surface area contributed by atoms with Crippen molar-refractivity contribution < 1.29 is 69.5 Å². The normalized spacial score (nSPS) is 13.7. The van der Waals surface area contributed by atoms with Crippen molar-refractivity contribution in [1.82, 2.24) is 0 Å². The van der Waals surface area contributed by atoms with Gasteiger partial charge in [-0.3, -0.25) is 0 Å². The second-order valence-electron chi connectivity index (χ2n) is 8.87. The van der Waals surface area contributed by atoms with Crippen LogP contribution in [0.3, 0.4) is 0 Å². The van der Waals surface area contributed by atoms with E-state index in [-0.39, 0.29) is 57.5 Å². The van der Waals surface area contributed by atoms with Gasteiger partial charge in [0, 0.05) is 5.25 Å². The number of hydrogen-bond donors (Lipinski definition) is 1. The zero-order valence-electron chi connectivity index (χ0n) is 20.4. The van der Waals surface area contributed by atoms with Crippen LogP contribution in [0.15, 0.2) is 0 Å². The fourth-order valence-corrected chi connectivity index (χ4v) is 4.91. The predicted molar refractivity (Wildman–Crippen MR) is 123 cm³/mol. The molecule has 4 nitrogen and oxygen atoms in total. The van der Waals surface area contributed by atoms with Crippen LogP contribution in [0, 0.1) is 0 Å². The summed E-state index contributed by atoms with van der Waals surface area (Å²) in [4.78, 5) is 0. The van der Waals surface area contributed by atoms with Gasteiger partial charge in [-0.1, -0.05) is 117 Å². The quantitative estimate of drug-likeness (QED) is 0.146. The molecule has 0 fully saturated rings. The minimum Gasteiger partial charge on any atom is -0.748 e. The molecule has 1 N–H and O–H groups in total. The fourth-order valence-electron chi connectivity index (χ4n) is 4.00. The number of hydrogen-bond acceptors (Lipinski definition) is 4. The standard InChI is InChI=1S/C24H50O4S.K/c1-3-5-7-12-17-21-24(29(26,27)28)22-18-14-11-9-8-10-13-16-20-23(25)19-15-6-4-2;/h23-25H,3-22H2,1-2H3,(H,26,27,28);/q;+1/p-1. The first-order valence-electron chi connectivity index (χ1n) is 12.5. The molecular weight excluding hydrogens is 423 g/mol. The Morgan fingerprint density at radius 1 is 0.600 bits per heavy atom. The number of aliphatic hydroxyl groups is 1. The van der Waals surface area contributed by atoms with Crippen molar-refractivity contribution in [3.8, 4) is 0 Å². The topological polar surface area (TPSA) is 77.4 Å². The minimum absolute atomic E-state index is 0. The minimum atomic E-state index is -4.15. The molecule has 0 aliphatic rings. The predicted octanol–water partition coefficient (Wildman–Crippen LogP) is 4.11. The smallest absolute Gasteiger partial charge is 0.748 e. The van der Waals surface area contributed by atoms with E-state index < -0.39 is 15.4 Å². The first-order chi connectivity index (χ1) is 13.9. The summed E-state index contributed by atoms with van der Waals surface area (Å²) >= 11 is 0. The Hall–Kier alpha value is 1.51. The van der Waals surface area contributed by atoms with E-state index in [0.29, 0.717) is 12.8 Å². The van der Waals surface area contributed by atoms with E-state index in [4.69, 9.17) is 0 Å². The van der Waals surface area contributed by atoms with Crippen molar-refractivity contribution >= 4 is 10.1 Å². The van der Waals surface area contributed by atoms with E-state index in [9.17, 15) is 18.1 Å². The van der Waals surface area contributed by atoms with Crippen molar-refractivity contribution in [2.24, 2.45) is 0 Å². The van der Waals surface area contributed by atoms with E-state index in [1.165, 1.54) is 51.4 Å². The second kappa shape index (κ2) is 23.7. The van der Waals surface area contributed by atoms with Crippen LogP contribution >= 0.6 is 0 Å². The first kappa shape index (κ1) is 33.7. The van der Waals surface area contributed by atoms with Crippen molar-refractivity contribution in [2.75, 3.05) is 0 Å². The molecule has 0 spiro atoms. The molecule has 0 aliphatic carbocycles. The molecule has 0 aliphatic heterocycles. The van der Waals surface area contributed by atoms with Gasteiger partial charge in [-0.25, -0.2) is 8.42 Å². The summed E-state index contributed by atoms with van der Waals surface area (Å²) in [5.74, 6) is 0. The summed E-state index contributed by atoms with van der Waals surface area (Å²) in [5.41, 5.74) is 0. The van der Waals surface area contributed by atoms with Crippen LogP contribution in [-0.4, -0.2) is 29.4 Å². The molecule has 2 atom stereocenters. The maximum Gasteiger partial charge on any atom is 1.00 e. The Bertz CT molecular complexity index is 442. The molecule has 0 aromatic carbocycles. The van der Waals surface area contributed by atoms with Crippen LogP contribution in [0.25, 0.3) is 0 Å². The Kier molecular flexibility index (Phi) is 26.6. The molecule has 0 amide bonds. The number of rotatable bonds is 22. The summed E-state index contributed by atoms with van der Waals surface area (Å²) in [6.45, 7) is 4.34. The molecule has 0 radical (unpaired) electrons. The van der Waals surface area contributed by atoms with E-state index in [1.54, 1.807) is 0 Å². The van der Waals surface area contributed by atoms with E-state index in [2.05, 4.69) is 13.8 Å². The molecule has 176 valence electrons. The third-order valence-corrected chi connectivity index (χ3v) is 7.28. The Morgan fingerprint density at radius 3 is 1.30 bits per heavy atom. The maximum atomic E-state index is 11.5. The van der Waals surface area contributed by atoms with Gasteiger partial charge >= 0.3 is 51.4 Å². The van der Waals surface area contributed by atoms with Gasteiger partial charge in [-0.15, -0.1) is 0 Å². The first-order valence-corrected chi connectivity index (χ1v) is 14.0. The molecule has 0 aromatic heterocycles. The van der Waals surface area contributed by atoms with Gasteiger partial charge in [0.2, 0.25) is 0 Å². The largest absolute Gasteiger partial charge is 1.00 e. The maximum absolute atomic E-state index is 11.5. The van der Waals surface area contributed by atoms with Crippen LogP contribution in [-0.2, 0) is 10.1 Å². The van der Waals surface area contributed by atoms with Gasteiger partial charge in [-0.05, 0) is 25.7 Å². The third-order valence-electron chi connectivity index (χ3n) is 5.99. The SMILES string of the molecule is CCCCCCCC(CCCCCCCCCCC(O)CCCCC)S(=O)(=O)[O-].[K+]. The molecule has 0 saturated heterocycles. The Labute approximate surface area is 230 Å².